The number of piperidine rings is 1. The molecule has 2 atom stereocenters. The lowest BCUT2D eigenvalue weighted by atomic mass is 9.95. The molecule has 2 aliphatic heterocycles. The first-order chi connectivity index (χ1) is 15.9. The van der Waals surface area contributed by atoms with Gasteiger partial charge in [-0.15, -0.1) is 0 Å². The van der Waals surface area contributed by atoms with E-state index in [9.17, 15) is 9.18 Å². The van der Waals surface area contributed by atoms with Gasteiger partial charge in [0.1, 0.15) is 11.6 Å². The molecule has 0 aliphatic carbocycles. The normalized spacial score (nSPS) is 21.6. The first kappa shape index (κ1) is 22.2. The van der Waals surface area contributed by atoms with Gasteiger partial charge in [-0.3, -0.25) is 4.79 Å². The average molecular weight is 470 g/mol. The Kier molecular flexibility index (Phi) is 6.01. The molecule has 33 heavy (non-hydrogen) atoms. The Labute approximate surface area is 198 Å². The predicted molar refractivity (Wildman–Crippen MR) is 130 cm³/mol. The van der Waals surface area contributed by atoms with Crippen LogP contribution in [0.15, 0.2) is 36.4 Å². The highest BCUT2D eigenvalue weighted by Crippen LogP contribution is 2.33. The van der Waals surface area contributed by atoms with Gasteiger partial charge in [0.2, 0.25) is 5.91 Å². The molecule has 2 fully saturated rings. The SMILES string of the molecule is CN1CCC(N(C)C(=O)[C@@H]2CCCN(c3ccc(Cl)c(-c4nc5ccc(F)cc5[nH]4)c3)C2)C1. The Balaban J connectivity index is 1.36. The van der Waals surface area contributed by atoms with Crippen LogP contribution in [-0.2, 0) is 4.79 Å². The summed E-state index contributed by atoms with van der Waals surface area (Å²) in [5.74, 6) is 0.532. The van der Waals surface area contributed by atoms with Crippen LogP contribution < -0.4 is 4.90 Å². The van der Waals surface area contributed by atoms with Crippen LogP contribution in [0.1, 0.15) is 19.3 Å². The molecule has 0 spiro atoms. The molecular weight excluding hydrogens is 441 g/mol. The number of hydrogen-bond donors (Lipinski definition) is 1. The van der Waals surface area contributed by atoms with E-state index in [2.05, 4.69) is 26.8 Å². The maximum Gasteiger partial charge on any atom is 0.227 e. The number of aromatic nitrogens is 2. The van der Waals surface area contributed by atoms with Crippen molar-refractivity contribution >= 4 is 34.2 Å². The van der Waals surface area contributed by atoms with E-state index in [4.69, 9.17) is 11.6 Å². The standard InChI is InChI=1S/C25H29ClFN5O/c1-30-11-9-19(15-30)31(2)25(33)16-4-3-10-32(14-16)18-6-7-21(26)20(13-18)24-28-22-8-5-17(27)12-23(22)29-24/h5-8,12-13,16,19H,3-4,9-11,14-15H2,1-2H3,(H,28,29)/t16-,19?/m1/s1. The van der Waals surface area contributed by atoms with E-state index < -0.39 is 0 Å². The van der Waals surface area contributed by atoms with E-state index in [1.807, 2.05) is 30.1 Å². The maximum absolute atomic E-state index is 13.6. The summed E-state index contributed by atoms with van der Waals surface area (Å²) in [7, 11) is 4.06. The number of carbonyl (C=O) groups excluding carboxylic acids is 1. The fraction of sp³-hybridized carbons (Fsp3) is 0.440. The van der Waals surface area contributed by atoms with Crippen molar-refractivity contribution < 1.29 is 9.18 Å². The van der Waals surface area contributed by atoms with Gasteiger partial charge in [-0.1, -0.05) is 11.6 Å². The summed E-state index contributed by atoms with van der Waals surface area (Å²) < 4.78 is 13.6. The fourth-order valence-corrected chi connectivity index (χ4v) is 5.32. The summed E-state index contributed by atoms with van der Waals surface area (Å²) in [5, 5.41) is 0.577. The molecule has 2 saturated heterocycles. The number of rotatable bonds is 4. The van der Waals surface area contributed by atoms with Crippen LogP contribution in [0.3, 0.4) is 0 Å². The third-order valence-corrected chi connectivity index (χ3v) is 7.38. The molecule has 0 saturated carbocycles. The van der Waals surface area contributed by atoms with Crippen molar-refractivity contribution in [2.75, 3.05) is 45.2 Å². The zero-order valence-corrected chi connectivity index (χ0v) is 19.8. The van der Waals surface area contributed by atoms with Gasteiger partial charge in [0.25, 0.3) is 0 Å². The van der Waals surface area contributed by atoms with Gasteiger partial charge in [0.05, 0.1) is 22.0 Å². The van der Waals surface area contributed by atoms with Crippen molar-refractivity contribution in [1.82, 2.24) is 19.8 Å². The van der Waals surface area contributed by atoms with E-state index in [0.29, 0.717) is 34.5 Å². The number of amides is 1. The fourth-order valence-electron chi connectivity index (χ4n) is 5.11. The van der Waals surface area contributed by atoms with Crippen molar-refractivity contribution in [3.8, 4) is 11.4 Å². The van der Waals surface area contributed by atoms with E-state index in [0.717, 1.165) is 50.1 Å². The summed E-state index contributed by atoms with van der Waals surface area (Å²) >= 11 is 6.52. The molecule has 174 valence electrons. The lowest BCUT2D eigenvalue weighted by Crippen LogP contribution is -2.47. The summed E-state index contributed by atoms with van der Waals surface area (Å²) in [4.78, 5) is 27.5. The highest BCUT2D eigenvalue weighted by molar-refractivity contribution is 6.33. The molecule has 8 heteroatoms. The summed E-state index contributed by atoms with van der Waals surface area (Å²) in [6.07, 6.45) is 2.92. The number of fused-ring (bicyclic) bond motifs is 1. The molecule has 1 N–H and O–H groups in total. The lowest BCUT2D eigenvalue weighted by molar-refractivity contribution is -0.136. The number of imidazole rings is 1. The number of anilines is 1. The minimum Gasteiger partial charge on any atom is -0.371 e. The predicted octanol–water partition coefficient (Wildman–Crippen LogP) is 4.40. The number of nitrogens with one attached hydrogen (secondary N) is 1. The molecular formula is C25H29ClFN5O. The number of hydrogen-bond acceptors (Lipinski definition) is 4. The molecule has 5 rings (SSSR count). The second-order valence-corrected chi connectivity index (χ2v) is 9.76. The summed E-state index contributed by atoms with van der Waals surface area (Å²) in [6.45, 7) is 3.58. The number of H-pyrrole nitrogens is 1. The number of nitrogens with zero attached hydrogens (tertiary/aromatic N) is 4. The van der Waals surface area contributed by atoms with Crippen molar-refractivity contribution in [1.29, 1.82) is 0 Å². The highest BCUT2D eigenvalue weighted by Gasteiger charge is 2.33. The van der Waals surface area contributed by atoms with Crippen molar-refractivity contribution in [2.24, 2.45) is 5.92 Å². The smallest absolute Gasteiger partial charge is 0.227 e. The highest BCUT2D eigenvalue weighted by atomic mass is 35.5. The zero-order valence-electron chi connectivity index (χ0n) is 19.0. The number of likely N-dealkylation sites (N-methyl/N-ethyl adjacent to an activating group) is 2. The topological polar surface area (TPSA) is 55.5 Å². The maximum atomic E-state index is 13.6. The third kappa shape index (κ3) is 4.44. The largest absolute Gasteiger partial charge is 0.371 e. The third-order valence-electron chi connectivity index (χ3n) is 7.05. The van der Waals surface area contributed by atoms with Gasteiger partial charge in [-0.05, 0) is 69.3 Å². The van der Waals surface area contributed by atoms with Gasteiger partial charge in [0, 0.05) is 44.0 Å². The van der Waals surface area contributed by atoms with E-state index >= 15 is 0 Å². The number of carbonyl (C=O) groups is 1. The Morgan fingerprint density at radius 2 is 2.03 bits per heavy atom. The molecule has 1 unspecified atom stereocenters. The molecule has 6 nitrogen and oxygen atoms in total. The molecule has 2 aromatic carbocycles. The molecule has 1 aromatic heterocycles. The van der Waals surface area contributed by atoms with Gasteiger partial charge in [-0.25, -0.2) is 9.37 Å². The van der Waals surface area contributed by atoms with Gasteiger partial charge >= 0.3 is 0 Å². The van der Waals surface area contributed by atoms with Crippen molar-refractivity contribution in [3.63, 3.8) is 0 Å². The Hall–Kier alpha value is -2.64. The quantitative estimate of drug-likeness (QED) is 0.615. The van der Waals surface area contributed by atoms with Crippen LogP contribution in [0.2, 0.25) is 5.02 Å². The zero-order chi connectivity index (χ0) is 23.1. The van der Waals surface area contributed by atoms with Crippen LogP contribution in [0.4, 0.5) is 10.1 Å². The van der Waals surface area contributed by atoms with Crippen LogP contribution in [0.5, 0.6) is 0 Å². The number of halogens is 2. The molecule has 3 heterocycles. The van der Waals surface area contributed by atoms with Crippen LogP contribution in [0.25, 0.3) is 22.4 Å². The number of benzene rings is 2. The minimum atomic E-state index is -0.309. The number of likely N-dealkylation sites (tertiary alicyclic amines) is 1. The first-order valence-corrected chi connectivity index (χ1v) is 11.9. The Morgan fingerprint density at radius 1 is 1.18 bits per heavy atom. The van der Waals surface area contributed by atoms with E-state index in [1.54, 1.807) is 6.07 Å². The van der Waals surface area contributed by atoms with Crippen LogP contribution >= 0.6 is 11.6 Å². The average Bonchev–Trinajstić information content (AvgIpc) is 3.44. The van der Waals surface area contributed by atoms with E-state index in [1.165, 1.54) is 12.1 Å². The van der Waals surface area contributed by atoms with E-state index in [-0.39, 0.29) is 17.6 Å². The van der Waals surface area contributed by atoms with Crippen molar-refractivity contribution in [2.45, 2.75) is 25.3 Å². The first-order valence-electron chi connectivity index (χ1n) is 11.5. The minimum absolute atomic E-state index is 0.0111. The molecule has 1 amide bonds. The summed E-state index contributed by atoms with van der Waals surface area (Å²) in [5.41, 5.74) is 3.11. The van der Waals surface area contributed by atoms with Crippen LogP contribution in [0, 0.1) is 11.7 Å². The molecule has 3 aromatic rings. The number of aromatic amines is 1. The molecule has 0 bridgehead atoms. The second-order valence-electron chi connectivity index (χ2n) is 9.35. The Bertz CT molecular complexity index is 1180. The second kappa shape index (κ2) is 8.95. The molecule has 2 aliphatic rings. The lowest BCUT2D eigenvalue weighted by Gasteiger charge is -2.37. The van der Waals surface area contributed by atoms with Crippen molar-refractivity contribution in [3.05, 3.63) is 47.2 Å². The Morgan fingerprint density at radius 3 is 2.82 bits per heavy atom. The molecule has 0 radical (unpaired) electrons. The monoisotopic (exact) mass is 469 g/mol. The van der Waals surface area contributed by atoms with Crippen LogP contribution in [-0.4, -0.2) is 72.0 Å². The van der Waals surface area contributed by atoms with Gasteiger partial charge < -0.3 is 19.7 Å². The summed E-state index contributed by atoms with van der Waals surface area (Å²) in [6, 6.07) is 10.7. The van der Waals surface area contributed by atoms with Gasteiger partial charge in [0.15, 0.2) is 0 Å². The van der Waals surface area contributed by atoms with Gasteiger partial charge in [-0.2, -0.15) is 0 Å².